The number of hydrogen-bond donors (Lipinski definition) is 1. The highest BCUT2D eigenvalue weighted by molar-refractivity contribution is 6.04. The first-order valence-corrected chi connectivity index (χ1v) is 14.3. The van der Waals surface area contributed by atoms with Crippen LogP contribution in [0.25, 0.3) is 0 Å². The monoisotopic (exact) mass is 575 g/mol. The molecule has 0 bridgehead atoms. The number of carbonyl (C=O) groups is 2. The van der Waals surface area contributed by atoms with Gasteiger partial charge in [0.1, 0.15) is 11.5 Å². The van der Waals surface area contributed by atoms with Gasteiger partial charge in [0, 0.05) is 36.7 Å². The van der Waals surface area contributed by atoms with Crippen LogP contribution < -0.4 is 9.64 Å². The number of Topliss-reactive ketones (excluding diaryl/α,β-unsaturated/α-hetero) is 1. The molecule has 0 spiro atoms. The van der Waals surface area contributed by atoms with Crippen LogP contribution in [0.1, 0.15) is 94.3 Å². The minimum Gasteiger partial charge on any atom is -0.481 e. The van der Waals surface area contributed by atoms with Crippen LogP contribution in [0.2, 0.25) is 0 Å². The number of rotatable bonds is 11. The predicted molar refractivity (Wildman–Crippen MR) is 149 cm³/mol. The van der Waals surface area contributed by atoms with E-state index >= 15 is 0 Å². The van der Waals surface area contributed by atoms with Gasteiger partial charge < -0.3 is 14.7 Å². The Labute approximate surface area is 239 Å². The lowest BCUT2D eigenvalue weighted by Crippen LogP contribution is -2.38. The summed E-state index contributed by atoms with van der Waals surface area (Å²) in [4.78, 5) is 35.3. The fourth-order valence-electron chi connectivity index (χ4n) is 5.60. The molecular formula is C31H40F3N3O4. The van der Waals surface area contributed by atoms with Crippen molar-refractivity contribution in [2.75, 3.05) is 24.6 Å². The van der Waals surface area contributed by atoms with Crippen molar-refractivity contribution in [2.24, 2.45) is 22.7 Å². The van der Waals surface area contributed by atoms with Gasteiger partial charge in [0.2, 0.25) is 5.88 Å². The summed E-state index contributed by atoms with van der Waals surface area (Å²) in [6.07, 6.45) is 0.901. The van der Waals surface area contributed by atoms with E-state index < -0.39 is 28.7 Å². The molecular weight excluding hydrogens is 535 g/mol. The molecule has 0 unspecified atom stereocenters. The fourth-order valence-corrected chi connectivity index (χ4v) is 5.60. The number of pyridine rings is 2. The minimum absolute atomic E-state index is 0.0900. The van der Waals surface area contributed by atoms with E-state index in [-0.39, 0.29) is 29.0 Å². The molecule has 0 radical (unpaired) electrons. The number of anilines is 1. The van der Waals surface area contributed by atoms with Gasteiger partial charge in [-0.3, -0.25) is 9.59 Å². The molecule has 0 aromatic carbocycles. The van der Waals surface area contributed by atoms with E-state index in [1.54, 1.807) is 38.8 Å². The lowest BCUT2D eigenvalue weighted by Gasteiger charge is -2.34. The number of ketones is 1. The van der Waals surface area contributed by atoms with Gasteiger partial charge in [-0.15, -0.1) is 0 Å². The number of ether oxygens (including phenoxy) is 1. The van der Waals surface area contributed by atoms with Gasteiger partial charge >= 0.3 is 12.1 Å². The van der Waals surface area contributed by atoms with Crippen molar-refractivity contribution < 1.29 is 32.6 Å². The topological polar surface area (TPSA) is 92.6 Å². The molecule has 1 N–H and O–H groups in total. The van der Waals surface area contributed by atoms with Crippen LogP contribution in [-0.2, 0) is 11.0 Å². The molecule has 2 aromatic heterocycles. The molecule has 224 valence electrons. The van der Waals surface area contributed by atoms with E-state index in [0.717, 1.165) is 24.5 Å². The van der Waals surface area contributed by atoms with Crippen LogP contribution >= 0.6 is 0 Å². The second-order valence-corrected chi connectivity index (χ2v) is 12.6. The Morgan fingerprint density at radius 2 is 1.73 bits per heavy atom. The molecule has 0 amide bonds. The summed E-state index contributed by atoms with van der Waals surface area (Å²) in [7, 11) is 0. The molecule has 41 heavy (non-hydrogen) atoms. The third-order valence-corrected chi connectivity index (χ3v) is 8.83. The summed E-state index contributed by atoms with van der Waals surface area (Å²) < 4.78 is 46.6. The summed E-state index contributed by atoms with van der Waals surface area (Å²) in [6, 6.07) is 5.84. The molecule has 3 heterocycles. The predicted octanol–water partition coefficient (Wildman–Crippen LogP) is 7.01. The summed E-state index contributed by atoms with van der Waals surface area (Å²) in [5.41, 5.74) is -1.53. The number of alkyl halides is 3. The number of aromatic nitrogens is 2. The van der Waals surface area contributed by atoms with Gasteiger partial charge in [0.15, 0.2) is 5.78 Å². The van der Waals surface area contributed by atoms with Crippen molar-refractivity contribution in [3.8, 4) is 5.88 Å². The Kier molecular flexibility index (Phi) is 8.71. The van der Waals surface area contributed by atoms with Crippen molar-refractivity contribution in [1.29, 1.82) is 0 Å². The molecule has 1 aliphatic carbocycles. The maximum atomic E-state index is 13.5. The highest BCUT2D eigenvalue weighted by Gasteiger charge is 2.46. The van der Waals surface area contributed by atoms with Crippen LogP contribution in [-0.4, -0.2) is 46.5 Å². The Morgan fingerprint density at radius 3 is 2.29 bits per heavy atom. The first kappa shape index (κ1) is 30.8. The molecule has 10 heteroatoms. The number of carbonyl (C=O) groups excluding carboxylic acids is 1. The second-order valence-electron chi connectivity index (χ2n) is 12.6. The number of halogens is 3. The van der Waals surface area contributed by atoms with Crippen LogP contribution in [0.3, 0.4) is 0 Å². The van der Waals surface area contributed by atoms with Crippen molar-refractivity contribution in [1.82, 2.24) is 9.97 Å². The van der Waals surface area contributed by atoms with Gasteiger partial charge in [-0.1, -0.05) is 20.8 Å². The zero-order chi connectivity index (χ0) is 30.2. The third kappa shape index (κ3) is 6.84. The summed E-state index contributed by atoms with van der Waals surface area (Å²) in [5.74, 6) is -0.198. The minimum atomic E-state index is -4.61. The summed E-state index contributed by atoms with van der Waals surface area (Å²) in [5, 5.41) is 9.82. The largest absolute Gasteiger partial charge is 0.481 e. The Bertz CT molecular complexity index is 1270. The zero-order valence-electron chi connectivity index (χ0n) is 24.4. The van der Waals surface area contributed by atoms with Gasteiger partial charge in [0.05, 0.1) is 17.6 Å². The molecule has 1 aliphatic heterocycles. The van der Waals surface area contributed by atoms with E-state index in [1.807, 2.05) is 19.1 Å². The molecule has 4 rings (SSSR count). The van der Waals surface area contributed by atoms with E-state index in [4.69, 9.17) is 4.74 Å². The first-order chi connectivity index (χ1) is 19.1. The molecule has 1 saturated heterocycles. The standard InChI is InChI=1S/C31H40F3N3O4/c1-6-29(2,3)26(38)22-9-10-23(31(32,33)34)36-27(22)37-15-12-19(13-16-37)18-41-24-17-21(11-14-35-24)25(20-7-8-20)30(4,5)28(39)40/h9-11,14,17,19-20,25H,6-8,12-13,15-16,18H2,1-5H3,(H,39,40)/t25-/m0/s1. The first-order valence-electron chi connectivity index (χ1n) is 14.3. The quantitative estimate of drug-likeness (QED) is 0.288. The zero-order valence-corrected chi connectivity index (χ0v) is 24.4. The van der Waals surface area contributed by atoms with E-state index in [2.05, 4.69) is 9.97 Å². The molecule has 7 nitrogen and oxygen atoms in total. The average molecular weight is 576 g/mol. The van der Waals surface area contributed by atoms with E-state index in [9.17, 15) is 27.9 Å². The van der Waals surface area contributed by atoms with Gasteiger partial charge in [0.25, 0.3) is 0 Å². The normalized spacial score (nSPS) is 17.8. The van der Waals surface area contributed by atoms with Crippen LogP contribution in [0.5, 0.6) is 5.88 Å². The lowest BCUT2D eigenvalue weighted by molar-refractivity contribution is -0.148. The fraction of sp³-hybridized carbons (Fsp3) is 0.613. The molecule has 2 aromatic rings. The molecule has 2 aliphatic rings. The SMILES string of the molecule is CCC(C)(C)C(=O)c1ccc(C(F)(F)F)nc1N1CCC(COc2cc([C@H](C3CC3)C(C)(C)C(=O)O)ccn2)CC1. The molecule has 1 saturated carbocycles. The number of piperidine rings is 1. The van der Waals surface area contributed by atoms with Gasteiger partial charge in [-0.05, 0) is 81.5 Å². The van der Waals surface area contributed by atoms with Crippen molar-refractivity contribution in [3.05, 3.63) is 47.3 Å². The molecule has 2 fully saturated rings. The number of hydrogen-bond acceptors (Lipinski definition) is 6. The maximum Gasteiger partial charge on any atom is 0.433 e. The summed E-state index contributed by atoms with van der Waals surface area (Å²) in [6.45, 7) is 10.2. The van der Waals surface area contributed by atoms with Crippen molar-refractivity contribution in [3.63, 3.8) is 0 Å². The van der Waals surface area contributed by atoms with Crippen LogP contribution in [0.4, 0.5) is 19.0 Å². The van der Waals surface area contributed by atoms with Crippen LogP contribution in [0.15, 0.2) is 30.5 Å². The highest BCUT2D eigenvalue weighted by atomic mass is 19.4. The highest BCUT2D eigenvalue weighted by Crippen LogP contribution is 2.52. The van der Waals surface area contributed by atoms with Gasteiger partial charge in [-0.25, -0.2) is 9.97 Å². The number of carboxylic acid groups (broad SMARTS) is 1. The van der Waals surface area contributed by atoms with E-state index in [1.165, 1.54) is 6.07 Å². The number of nitrogens with zero attached hydrogens (tertiary/aromatic N) is 3. The second kappa shape index (κ2) is 11.6. The van der Waals surface area contributed by atoms with E-state index in [0.29, 0.717) is 50.8 Å². The lowest BCUT2D eigenvalue weighted by atomic mass is 9.72. The molecule has 1 atom stereocenters. The van der Waals surface area contributed by atoms with Crippen molar-refractivity contribution in [2.45, 2.75) is 78.8 Å². The Hall–Kier alpha value is -3.17. The Morgan fingerprint density at radius 1 is 1.07 bits per heavy atom. The van der Waals surface area contributed by atoms with Crippen LogP contribution in [0, 0.1) is 22.7 Å². The smallest absolute Gasteiger partial charge is 0.433 e. The average Bonchev–Trinajstić information content (AvgIpc) is 3.76. The summed E-state index contributed by atoms with van der Waals surface area (Å²) >= 11 is 0. The van der Waals surface area contributed by atoms with Crippen molar-refractivity contribution >= 4 is 17.6 Å². The van der Waals surface area contributed by atoms with Gasteiger partial charge in [-0.2, -0.15) is 13.2 Å². The maximum absolute atomic E-state index is 13.5. The number of aliphatic carboxylic acids is 1. The third-order valence-electron chi connectivity index (χ3n) is 8.83. The number of carboxylic acids is 1. The Balaban J connectivity index is 1.44.